The quantitative estimate of drug-likeness (QED) is 0.673. The predicted molar refractivity (Wildman–Crippen MR) is 82.7 cm³/mol. The number of nitrogens with one attached hydrogen (secondary N) is 2. The molecule has 2 heterocycles. The van der Waals surface area contributed by atoms with Gasteiger partial charge in [-0.15, -0.1) is 0 Å². The number of halogens is 1. The Kier molecular flexibility index (Phi) is 3.98. The van der Waals surface area contributed by atoms with Crippen LogP contribution in [0.1, 0.15) is 30.4 Å². The number of rotatable bonds is 3. The van der Waals surface area contributed by atoms with Gasteiger partial charge < -0.3 is 10.3 Å². The first-order chi connectivity index (χ1) is 10.6. The molecule has 0 fully saturated rings. The van der Waals surface area contributed by atoms with E-state index in [9.17, 15) is 14.0 Å². The molecule has 0 unspecified atom stereocenters. The number of aromatic nitrogens is 2. The van der Waals surface area contributed by atoms with Gasteiger partial charge in [0.2, 0.25) is 5.91 Å². The molecule has 22 heavy (non-hydrogen) atoms. The molecule has 0 aliphatic carbocycles. The zero-order valence-corrected chi connectivity index (χ0v) is 12.7. The molecule has 0 saturated carbocycles. The number of H-pyrrole nitrogens is 1. The van der Waals surface area contributed by atoms with Gasteiger partial charge in [0.15, 0.2) is 5.16 Å². The van der Waals surface area contributed by atoms with Gasteiger partial charge in [0, 0.05) is 12.3 Å². The Hall–Kier alpha value is -2.15. The summed E-state index contributed by atoms with van der Waals surface area (Å²) < 4.78 is 13.5. The molecule has 1 aromatic heterocycles. The van der Waals surface area contributed by atoms with E-state index in [2.05, 4.69) is 15.3 Å². The lowest BCUT2D eigenvalue weighted by Crippen LogP contribution is -2.31. The number of hydrogen-bond acceptors (Lipinski definition) is 4. The number of nitrogens with zero attached hydrogens (tertiary/aromatic N) is 1. The minimum atomic E-state index is -0.489. The lowest BCUT2D eigenvalue weighted by molar-refractivity contribution is -0.116. The first-order valence-electron chi connectivity index (χ1n) is 6.90. The van der Waals surface area contributed by atoms with Crippen LogP contribution >= 0.6 is 11.8 Å². The van der Waals surface area contributed by atoms with Crippen molar-refractivity contribution >= 4 is 23.5 Å². The fraction of sp³-hybridized carbons (Fsp3) is 0.267. The molecular weight excluding hydrogens is 305 g/mol. The Bertz CT molecular complexity index is 791. The Morgan fingerprint density at radius 3 is 2.95 bits per heavy atom. The van der Waals surface area contributed by atoms with E-state index in [4.69, 9.17) is 0 Å². The predicted octanol–water partition coefficient (Wildman–Crippen LogP) is 2.50. The van der Waals surface area contributed by atoms with Crippen molar-refractivity contribution in [1.82, 2.24) is 9.97 Å². The Balaban J connectivity index is 2.13. The number of carbonyl (C=O) groups is 1. The SMILES string of the molecule is CCSc1nc2c(c(=O)[nH]1)[C@H](c1cccc(F)c1)CC(=O)N2. The molecule has 114 valence electrons. The van der Waals surface area contributed by atoms with Gasteiger partial charge in [-0.3, -0.25) is 9.59 Å². The lowest BCUT2D eigenvalue weighted by Gasteiger charge is -2.24. The molecule has 7 heteroatoms. The van der Waals surface area contributed by atoms with Crippen LogP contribution in [0.15, 0.2) is 34.2 Å². The normalized spacial score (nSPS) is 17.0. The standard InChI is InChI=1S/C15H14FN3O2S/c1-2-22-15-18-13-12(14(21)19-15)10(7-11(20)17-13)8-4-3-5-9(16)6-8/h3-6,10H,2,7H2,1H3,(H2,17,18,19,20,21)/t10-/m0/s1. The van der Waals surface area contributed by atoms with Crippen molar-refractivity contribution in [2.45, 2.75) is 24.4 Å². The molecule has 1 amide bonds. The number of aromatic amines is 1. The second-order valence-electron chi connectivity index (χ2n) is 4.93. The van der Waals surface area contributed by atoms with Gasteiger partial charge in [0.1, 0.15) is 11.6 Å². The van der Waals surface area contributed by atoms with Crippen LogP contribution in [0.5, 0.6) is 0 Å². The summed E-state index contributed by atoms with van der Waals surface area (Å²) in [5, 5.41) is 3.10. The smallest absolute Gasteiger partial charge is 0.257 e. The molecule has 0 bridgehead atoms. The minimum Gasteiger partial charge on any atom is -0.310 e. The van der Waals surface area contributed by atoms with Crippen molar-refractivity contribution in [3.63, 3.8) is 0 Å². The third-order valence-corrected chi connectivity index (χ3v) is 4.22. The minimum absolute atomic E-state index is 0.0987. The Labute approximate surface area is 130 Å². The van der Waals surface area contributed by atoms with Gasteiger partial charge in [-0.2, -0.15) is 0 Å². The molecule has 0 saturated heterocycles. The van der Waals surface area contributed by atoms with E-state index in [-0.39, 0.29) is 23.7 Å². The third kappa shape index (κ3) is 2.76. The number of fused-ring (bicyclic) bond motifs is 1. The van der Waals surface area contributed by atoms with Gasteiger partial charge in [-0.1, -0.05) is 30.8 Å². The van der Waals surface area contributed by atoms with E-state index in [1.54, 1.807) is 12.1 Å². The van der Waals surface area contributed by atoms with Gasteiger partial charge in [0.25, 0.3) is 5.56 Å². The highest BCUT2D eigenvalue weighted by Gasteiger charge is 2.31. The van der Waals surface area contributed by atoms with Crippen LogP contribution in [0.2, 0.25) is 0 Å². The first kappa shape index (κ1) is 14.8. The third-order valence-electron chi connectivity index (χ3n) is 3.46. The summed E-state index contributed by atoms with van der Waals surface area (Å²) in [6, 6.07) is 5.96. The molecular formula is C15H14FN3O2S. The van der Waals surface area contributed by atoms with Crippen molar-refractivity contribution in [1.29, 1.82) is 0 Å². The number of carbonyl (C=O) groups excluding carboxylic acids is 1. The van der Waals surface area contributed by atoms with Crippen LogP contribution in [0.25, 0.3) is 0 Å². The summed E-state index contributed by atoms with van der Waals surface area (Å²) in [6.07, 6.45) is 0.0987. The molecule has 1 aromatic carbocycles. The molecule has 5 nitrogen and oxygen atoms in total. The zero-order valence-electron chi connectivity index (χ0n) is 11.9. The van der Waals surface area contributed by atoms with Gasteiger partial charge >= 0.3 is 0 Å². The zero-order chi connectivity index (χ0) is 15.7. The van der Waals surface area contributed by atoms with Crippen molar-refractivity contribution in [2.24, 2.45) is 0 Å². The van der Waals surface area contributed by atoms with Crippen LogP contribution in [-0.4, -0.2) is 21.6 Å². The molecule has 2 N–H and O–H groups in total. The highest BCUT2D eigenvalue weighted by atomic mass is 32.2. The van der Waals surface area contributed by atoms with E-state index >= 15 is 0 Å². The lowest BCUT2D eigenvalue weighted by atomic mass is 9.87. The van der Waals surface area contributed by atoms with Gasteiger partial charge in [-0.25, -0.2) is 9.37 Å². The largest absolute Gasteiger partial charge is 0.310 e. The van der Waals surface area contributed by atoms with Crippen LogP contribution in [0.3, 0.4) is 0 Å². The molecule has 1 atom stereocenters. The molecule has 3 rings (SSSR count). The van der Waals surface area contributed by atoms with E-state index < -0.39 is 11.7 Å². The summed E-state index contributed by atoms with van der Waals surface area (Å²) in [7, 11) is 0. The molecule has 1 aliphatic heterocycles. The summed E-state index contributed by atoms with van der Waals surface area (Å²) in [5.41, 5.74) is 0.681. The number of hydrogen-bond donors (Lipinski definition) is 2. The maximum atomic E-state index is 13.5. The van der Waals surface area contributed by atoms with Crippen LogP contribution in [0.4, 0.5) is 10.2 Å². The molecule has 2 aromatic rings. The van der Waals surface area contributed by atoms with Crippen molar-refractivity contribution < 1.29 is 9.18 Å². The summed E-state index contributed by atoms with van der Waals surface area (Å²) in [6.45, 7) is 1.94. The Morgan fingerprint density at radius 2 is 2.23 bits per heavy atom. The molecule has 1 aliphatic rings. The topological polar surface area (TPSA) is 74.8 Å². The van der Waals surface area contributed by atoms with Crippen LogP contribution in [0, 0.1) is 5.82 Å². The number of benzene rings is 1. The van der Waals surface area contributed by atoms with E-state index in [0.717, 1.165) is 5.75 Å². The number of anilines is 1. The van der Waals surface area contributed by atoms with Crippen molar-refractivity contribution in [3.8, 4) is 0 Å². The van der Waals surface area contributed by atoms with Gasteiger partial charge in [0.05, 0.1) is 5.56 Å². The average molecular weight is 319 g/mol. The van der Waals surface area contributed by atoms with Crippen molar-refractivity contribution in [2.75, 3.05) is 11.1 Å². The maximum absolute atomic E-state index is 13.5. The van der Waals surface area contributed by atoms with Crippen LogP contribution < -0.4 is 10.9 Å². The number of amides is 1. The fourth-order valence-corrected chi connectivity index (χ4v) is 3.16. The first-order valence-corrected chi connectivity index (χ1v) is 7.89. The van der Waals surface area contributed by atoms with Gasteiger partial charge in [-0.05, 0) is 23.4 Å². The van der Waals surface area contributed by atoms with E-state index in [0.29, 0.717) is 16.3 Å². The van der Waals surface area contributed by atoms with Crippen molar-refractivity contribution in [3.05, 3.63) is 51.6 Å². The monoisotopic (exact) mass is 319 g/mol. The van der Waals surface area contributed by atoms with E-state index in [1.165, 1.54) is 23.9 Å². The van der Waals surface area contributed by atoms with Crippen LogP contribution in [-0.2, 0) is 4.79 Å². The Morgan fingerprint density at radius 1 is 1.41 bits per heavy atom. The second-order valence-corrected chi connectivity index (χ2v) is 6.18. The number of thioether (sulfide) groups is 1. The second kappa shape index (κ2) is 5.92. The maximum Gasteiger partial charge on any atom is 0.257 e. The fourth-order valence-electron chi connectivity index (χ4n) is 2.56. The molecule has 0 spiro atoms. The summed E-state index contributed by atoms with van der Waals surface area (Å²) in [4.78, 5) is 31.3. The highest BCUT2D eigenvalue weighted by Crippen LogP contribution is 2.34. The summed E-state index contributed by atoms with van der Waals surface area (Å²) in [5.74, 6) is -0.0929. The average Bonchev–Trinajstić information content (AvgIpc) is 2.46. The highest BCUT2D eigenvalue weighted by molar-refractivity contribution is 7.99. The summed E-state index contributed by atoms with van der Waals surface area (Å²) >= 11 is 1.39. The van der Waals surface area contributed by atoms with E-state index in [1.807, 2.05) is 6.92 Å². The molecule has 0 radical (unpaired) electrons.